The molecule has 0 aliphatic carbocycles. The van der Waals surface area contributed by atoms with Crippen LogP contribution in [0.25, 0.3) is 22.2 Å². The van der Waals surface area contributed by atoms with Crippen molar-refractivity contribution in [2.45, 2.75) is 6.54 Å². The van der Waals surface area contributed by atoms with Crippen molar-refractivity contribution in [3.8, 4) is 22.8 Å². The van der Waals surface area contributed by atoms with Crippen molar-refractivity contribution in [2.75, 3.05) is 7.11 Å². The molecule has 0 aliphatic rings. The first kappa shape index (κ1) is 16.0. The average Bonchev–Trinajstić information content (AvgIpc) is 3.19. The summed E-state index contributed by atoms with van der Waals surface area (Å²) in [6, 6.07) is 12.2. The number of pyridine rings is 1. The van der Waals surface area contributed by atoms with E-state index in [2.05, 4.69) is 4.98 Å². The summed E-state index contributed by atoms with van der Waals surface area (Å²) in [6.07, 6.45) is 4.62. The number of ether oxygens (including phenoxy) is 1. The number of phenols is 1. The predicted octanol–water partition coefficient (Wildman–Crippen LogP) is 3.42. The van der Waals surface area contributed by atoms with E-state index < -0.39 is 0 Å². The van der Waals surface area contributed by atoms with E-state index in [-0.39, 0.29) is 11.2 Å². The average molecular weight is 348 g/mol. The van der Waals surface area contributed by atoms with Crippen LogP contribution >= 0.6 is 0 Å². The zero-order valence-corrected chi connectivity index (χ0v) is 14.0. The van der Waals surface area contributed by atoms with Crippen LogP contribution in [0.4, 0.5) is 0 Å². The van der Waals surface area contributed by atoms with Gasteiger partial charge in [-0.05, 0) is 12.1 Å². The summed E-state index contributed by atoms with van der Waals surface area (Å²) in [5.74, 6) is 1.31. The first-order chi connectivity index (χ1) is 12.7. The third-order valence-electron chi connectivity index (χ3n) is 4.33. The van der Waals surface area contributed by atoms with Crippen LogP contribution < -0.4 is 10.2 Å². The molecule has 0 bridgehead atoms. The van der Waals surface area contributed by atoms with Crippen molar-refractivity contribution < 1.29 is 14.3 Å². The molecule has 0 aliphatic heterocycles. The van der Waals surface area contributed by atoms with Gasteiger partial charge >= 0.3 is 0 Å². The second-order valence-corrected chi connectivity index (χ2v) is 5.87. The van der Waals surface area contributed by atoms with Gasteiger partial charge in [0.1, 0.15) is 11.5 Å². The second kappa shape index (κ2) is 6.40. The smallest absolute Gasteiger partial charge is 0.189 e. The van der Waals surface area contributed by atoms with Gasteiger partial charge in [-0.15, -0.1) is 0 Å². The van der Waals surface area contributed by atoms with Crippen molar-refractivity contribution in [3.63, 3.8) is 0 Å². The molecule has 26 heavy (non-hydrogen) atoms. The number of methoxy groups -OCH3 is 1. The third-order valence-corrected chi connectivity index (χ3v) is 4.33. The number of benzene rings is 2. The molecule has 2 heterocycles. The van der Waals surface area contributed by atoms with Gasteiger partial charge in [-0.25, -0.2) is 4.98 Å². The highest BCUT2D eigenvalue weighted by Gasteiger charge is 2.14. The Morgan fingerprint density at radius 3 is 2.81 bits per heavy atom. The van der Waals surface area contributed by atoms with E-state index in [0.717, 1.165) is 5.56 Å². The molecule has 0 radical (unpaired) electrons. The lowest BCUT2D eigenvalue weighted by Gasteiger charge is -2.14. The Bertz CT molecular complexity index is 1130. The number of nitrogens with zero attached hydrogens (tertiary/aromatic N) is 2. The number of aromatic nitrogens is 2. The van der Waals surface area contributed by atoms with Crippen LogP contribution in [0.2, 0.25) is 0 Å². The number of hydrogen-bond donors (Lipinski definition) is 1. The molecule has 0 unspecified atom stereocenters. The van der Waals surface area contributed by atoms with E-state index in [0.29, 0.717) is 34.5 Å². The number of para-hydroxylation sites is 1. The van der Waals surface area contributed by atoms with E-state index in [9.17, 15) is 9.90 Å². The zero-order valence-electron chi connectivity index (χ0n) is 14.0. The number of oxazole rings is 1. The Balaban J connectivity index is 1.92. The van der Waals surface area contributed by atoms with Gasteiger partial charge in [0.15, 0.2) is 17.6 Å². The first-order valence-electron chi connectivity index (χ1n) is 8.04. The van der Waals surface area contributed by atoms with Crippen molar-refractivity contribution in [1.82, 2.24) is 9.55 Å². The maximum atomic E-state index is 12.4. The molecule has 6 heteroatoms. The molecular formula is C20H16N2O4. The largest absolute Gasteiger partial charge is 0.508 e. The van der Waals surface area contributed by atoms with Gasteiger partial charge in [-0.2, -0.15) is 0 Å². The fourth-order valence-electron chi connectivity index (χ4n) is 3.01. The topological polar surface area (TPSA) is 77.5 Å². The number of phenolic OH excluding ortho intramolecular Hbond substituents is 1. The Hall–Kier alpha value is -3.54. The predicted molar refractivity (Wildman–Crippen MR) is 97.5 cm³/mol. The second-order valence-electron chi connectivity index (χ2n) is 5.87. The number of aromatic hydroxyl groups is 1. The van der Waals surface area contributed by atoms with Crippen LogP contribution in [0, 0.1) is 0 Å². The highest BCUT2D eigenvalue weighted by Crippen LogP contribution is 2.33. The molecule has 0 amide bonds. The SMILES string of the molecule is COc1cc2c(cc1-c1cnco1)c(=O)ccn2Cc1ccccc1O. The quantitative estimate of drug-likeness (QED) is 0.611. The summed E-state index contributed by atoms with van der Waals surface area (Å²) >= 11 is 0. The summed E-state index contributed by atoms with van der Waals surface area (Å²) in [5.41, 5.74) is 2.03. The summed E-state index contributed by atoms with van der Waals surface area (Å²) in [7, 11) is 1.56. The van der Waals surface area contributed by atoms with Gasteiger partial charge in [0.2, 0.25) is 0 Å². The van der Waals surface area contributed by atoms with Gasteiger partial charge in [0, 0.05) is 29.3 Å². The van der Waals surface area contributed by atoms with Gasteiger partial charge in [-0.1, -0.05) is 18.2 Å². The van der Waals surface area contributed by atoms with E-state index in [1.165, 1.54) is 12.5 Å². The van der Waals surface area contributed by atoms with E-state index in [1.807, 2.05) is 16.7 Å². The third kappa shape index (κ3) is 2.71. The molecule has 4 aromatic rings. The minimum absolute atomic E-state index is 0.100. The molecule has 6 nitrogen and oxygen atoms in total. The lowest BCUT2D eigenvalue weighted by atomic mass is 10.1. The molecule has 0 saturated carbocycles. The lowest BCUT2D eigenvalue weighted by molar-refractivity contribution is 0.415. The maximum Gasteiger partial charge on any atom is 0.189 e. The normalized spacial score (nSPS) is 11.0. The summed E-state index contributed by atoms with van der Waals surface area (Å²) in [6.45, 7) is 0.425. The Labute approximate surface area is 148 Å². The molecule has 4 rings (SSSR count). The molecule has 130 valence electrons. The maximum absolute atomic E-state index is 12.4. The highest BCUT2D eigenvalue weighted by atomic mass is 16.5. The minimum atomic E-state index is -0.100. The van der Waals surface area contributed by atoms with Gasteiger partial charge in [0.05, 0.1) is 30.9 Å². The van der Waals surface area contributed by atoms with E-state index in [1.54, 1.807) is 43.8 Å². The van der Waals surface area contributed by atoms with E-state index >= 15 is 0 Å². The summed E-state index contributed by atoms with van der Waals surface area (Å²) in [5, 5.41) is 10.6. The molecule has 0 saturated heterocycles. The molecular weight excluding hydrogens is 332 g/mol. The lowest BCUT2D eigenvalue weighted by Crippen LogP contribution is -2.09. The minimum Gasteiger partial charge on any atom is -0.508 e. The molecule has 0 fully saturated rings. The Kier molecular flexibility index (Phi) is 3.93. The van der Waals surface area contributed by atoms with Crippen LogP contribution in [0.1, 0.15) is 5.56 Å². The Morgan fingerprint density at radius 2 is 2.08 bits per heavy atom. The Morgan fingerprint density at radius 1 is 1.23 bits per heavy atom. The van der Waals surface area contributed by atoms with Crippen LogP contribution in [-0.2, 0) is 6.54 Å². The van der Waals surface area contributed by atoms with Crippen LogP contribution in [0.5, 0.6) is 11.5 Å². The van der Waals surface area contributed by atoms with Crippen LogP contribution in [0.3, 0.4) is 0 Å². The molecule has 1 N–H and O–H groups in total. The summed E-state index contributed by atoms with van der Waals surface area (Å²) in [4.78, 5) is 16.3. The first-order valence-corrected chi connectivity index (χ1v) is 8.04. The van der Waals surface area contributed by atoms with Crippen molar-refractivity contribution >= 4 is 10.9 Å². The van der Waals surface area contributed by atoms with E-state index in [4.69, 9.17) is 9.15 Å². The zero-order chi connectivity index (χ0) is 18.1. The molecule has 0 atom stereocenters. The highest BCUT2D eigenvalue weighted by molar-refractivity contribution is 5.87. The standard InChI is InChI=1S/C20H16N2O4/c1-25-19-9-16-14(8-15(19)20-10-21-12-26-20)18(24)6-7-22(16)11-13-4-2-3-5-17(13)23/h2-10,12,23H,11H2,1H3. The molecule has 2 aromatic heterocycles. The fourth-order valence-corrected chi connectivity index (χ4v) is 3.01. The van der Waals surface area contributed by atoms with Crippen LogP contribution in [0.15, 0.2) is 70.5 Å². The summed E-state index contributed by atoms with van der Waals surface area (Å²) < 4.78 is 12.8. The molecule has 0 spiro atoms. The molecule has 2 aromatic carbocycles. The van der Waals surface area contributed by atoms with Crippen LogP contribution in [-0.4, -0.2) is 21.8 Å². The van der Waals surface area contributed by atoms with Gasteiger partial charge in [-0.3, -0.25) is 4.79 Å². The van der Waals surface area contributed by atoms with Crippen molar-refractivity contribution in [2.24, 2.45) is 0 Å². The number of fused-ring (bicyclic) bond motifs is 1. The monoisotopic (exact) mass is 348 g/mol. The number of hydrogen-bond acceptors (Lipinski definition) is 5. The fraction of sp³-hybridized carbons (Fsp3) is 0.100. The van der Waals surface area contributed by atoms with Gasteiger partial charge in [0.25, 0.3) is 0 Å². The number of rotatable bonds is 4. The van der Waals surface area contributed by atoms with Gasteiger partial charge < -0.3 is 18.8 Å². The van der Waals surface area contributed by atoms with Crippen molar-refractivity contribution in [1.29, 1.82) is 0 Å². The van der Waals surface area contributed by atoms with Crippen molar-refractivity contribution in [3.05, 3.63) is 77.0 Å².